The minimum atomic E-state index is -0.0160. The van der Waals surface area contributed by atoms with Crippen molar-refractivity contribution in [1.82, 2.24) is 0 Å². The fourth-order valence-electron chi connectivity index (χ4n) is 12.3. The van der Waals surface area contributed by atoms with E-state index in [1.807, 2.05) is 0 Å². The molecule has 0 saturated heterocycles. The lowest BCUT2D eigenvalue weighted by Gasteiger charge is -2.41. The van der Waals surface area contributed by atoms with Gasteiger partial charge in [-0.05, 0) is 158 Å². The Morgan fingerprint density at radius 3 is 1.52 bits per heavy atom. The van der Waals surface area contributed by atoms with E-state index in [1.54, 1.807) is 0 Å². The zero-order valence-electron chi connectivity index (χ0n) is 37.2. The molecule has 0 spiro atoms. The molecule has 0 aliphatic carbocycles. The minimum Gasteiger partial charge on any atom is -0.356 e. The molecular weight excluding hydrogens is 808 g/mol. The van der Waals surface area contributed by atoms with Crippen LogP contribution in [0.3, 0.4) is 0 Å². The molecule has 0 fully saturated rings. The summed E-state index contributed by atoms with van der Waals surface area (Å²) in [5, 5.41) is 24.6. The molecule has 2 heterocycles. The van der Waals surface area contributed by atoms with Crippen LogP contribution in [-0.4, -0.2) is 6.71 Å². The second kappa shape index (κ2) is 13.6. The first kappa shape index (κ1) is 36.9. The van der Waals surface area contributed by atoms with Gasteiger partial charge < -0.3 is 10.2 Å². The van der Waals surface area contributed by atoms with Gasteiger partial charge in [-0.25, -0.2) is 0 Å². The summed E-state index contributed by atoms with van der Waals surface area (Å²) in [5.41, 5.74) is 14.8. The van der Waals surface area contributed by atoms with Crippen LogP contribution in [0.5, 0.6) is 0 Å². The summed E-state index contributed by atoms with van der Waals surface area (Å²) >= 11 is 0. The van der Waals surface area contributed by atoms with E-state index in [4.69, 9.17) is 0 Å². The average Bonchev–Trinajstić information content (AvgIpc) is 3.37. The molecule has 13 aromatic carbocycles. The molecule has 67 heavy (non-hydrogen) atoms. The van der Waals surface area contributed by atoms with Gasteiger partial charge in [0.1, 0.15) is 0 Å². The molecule has 0 atom stereocenters. The standard InChI is InChI=1S/C64H41BN2/c1-37-22-24-39-35-61-57(33-41(39)30-37)65-58-34-42-31-38(2)23-27-44(42)62(40-25-28-53-49-16-5-3-12-45(49)47-14-7-9-18-51(47)55(53)32-40)64(58)66-59-20-11-21-60(63(59)65)67(61)43-26-29-54-50-17-6-4-13-46(50)48-15-8-10-19-52(48)56(54)36-43/h3-36,66H,1-2H3. The van der Waals surface area contributed by atoms with Crippen LogP contribution < -0.4 is 26.6 Å². The largest absolute Gasteiger partial charge is 0.356 e. The predicted molar refractivity (Wildman–Crippen MR) is 290 cm³/mol. The van der Waals surface area contributed by atoms with Crippen LogP contribution in [0.1, 0.15) is 11.1 Å². The normalized spacial score (nSPS) is 13.0. The molecule has 0 amide bonds. The monoisotopic (exact) mass is 848 g/mol. The molecule has 0 radical (unpaired) electrons. The summed E-state index contributed by atoms with van der Waals surface area (Å²) in [6, 6.07) is 78.1. The summed E-state index contributed by atoms with van der Waals surface area (Å²) in [5.74, 6) is 0. The highest BCUT2D eigenvalue weighted by molar-refractivity contribution is 7.00. The number of hydrogen-bond donors (Lipinski definition) is 1. The van der Waals surface area contributed by atoms with Gasteiger partial charge in [0, 0.05) is 34.0 Å². The predicted octanol–water partition coefficient (Wildman–Crippen LogP) is 15.6. The average molecular weight is 849 g/mol. The SMILES string of the molecule is Cc1ccc2cc3c(cc2c1)B1c2cc4cc(C)ccc4c(-c4ccc5c6ccccc6c6ccccc6c5c4)c2Nc2cccc(c21)N3c1ccc2c3ccccc3c3ccccc3c2c1. The quantitative estimate of drug-likeness (QED) is 0.138. The van der Waals surface area contributed by atoms with Gasteiger partial charge in [0.25, 0.3) is 6.71 Å². The molecule has 3 heteroatoms. The van der Waals surface area contributed by atoms with E-state index in [0.29, 0.717) is 0 Å². The van der Waals surface area contributed by atoms with Crippen LogP contribution in [0.2, 0.25) is 0 Å². The summed E-state index contributed by atoms with van der Waals surface area (Å²) in [7, 11) is 0. The smallest absolute Gasteiger partial charge is 0.252 e. The Hall–Kier alpha value is -8.40. The van der Waals surface area contributed by atoms with E-state index in [-0.39, 0.29) is 6.71 Å². The maximum absolute atomic E-state index is 4.16. The molecule has 0 saturated carbocycles. The second-order valence-corrected chi connectivity index (χ2v) is 19.0. The molecule has 2 aliphatic heterocycles. The van der Waals surface area contributed by atoms with Gasteiger partial charge in [0.05, 0.1) is 0 Å². The third-order valence-corrected chi connectivity index (χ3v) is 15.2. The van der Waals surface area contributed by atoms with Crippen molar-refractivity contribution in [2.45, 2.75) is 13.8 Å². The Morgan fingerprint density at radius 2 is 0.881 bits per heavy atom. The van der Waals surface area contributed by atoms with Gasteiger partial charge in [0.2, 0.25) is 0 Å². The first-order chi connectivity index (χ1) is 33.0. The maximum Gasteiger partial charge on any atom is 0.252 e. The molecule has 15 rings (SSSR count). The van der Waals surface area contributed by atoms with E-state index < -0.39 is 0 Å². The summed E-state index contributed by atoms with van der Waals surface area (Å²) < 4.78 is 0. The highest BCUT2D eigenvalue weighted by atomic mass is 15.2. The lowest BCUT2D eigenvalue weighted by Crippen LogP contribution is -2.60. The first-order valence-corrected chi connectivity index (χ1v) is 23.5. The van der Waals surface area contributed by atoms with Gasteiger partial charge in [-0.2, -0.15) is 0 Å². The Kier molecular flexibility index (Phi) is 7.47. The van der Waals surface area contributed by atoms with Crippen LogP contribution in [0.25, 0.3) is 97.3 Å². The Morgan fingerprint density at radius 1 is 0.358 bits per heavy atom. The van der Waals surface area contributed by atoms with E-state index in [9.17, 15) is 0 Å². The Labute approximate surface area is 388 Å². The summed E-state index contributed by atoms with van der Waals surface area (Å²) in [6.45, 7) is 4.41. The fraction of sp³-hybridized carbons (Fsp3) is 0.0312. The zero-order chi connectivity index (χ0) is 44.1. The van der Waals surface area contributed by atoms with E-state index in [2.05, 4.69) is 230 Å². The molecule has 310 valence electrons. The second-order valence-electron chi connectivity index (χ2n) is 19.0. The summed E-state index contributed by atoms with van der Waals surface area (Å²) in [6.07, 6.45) is 0. The topological polar surface area (TPSA) is 15.3 Å². The van der Waals surface area contributed by atoms with Gasteiger partial charge in [-0.1, -0.05) is 181 Å². The number of nitrogens with one attached hydrogen (secondary N) is 1. The molecule has 2 aliphatic rings. The zero-order valence-corrected chi connectivity index (χ0v) is 37.2. The number of benzene rings is 13. The molecule has 13 aromatic rings. The molecule has 0 aromatic heterocycles. The summed E-state index contributed by atoms with van der Waals surface area (Å²) in [4.78, 5) is 2.55. The lowest BCUT2D eigenvalue weighted by atomic mass is 9.33. The van der Waals surface area contributed by atoms with E-state index >= 15 is 0 Å². The van der Waals surface area contributed by atoms with Crippen molar-refractivity contribution in [2.75, 3.05) is 10.2 Å². The maximum atomic E-state index is 4.16. The Bertz CT molecular complexity index is 4290. The number of fused-ring (bicyclic) bond motifs is 18. The van der Waals surface area contributed by atoms with Crippen molar-refractivity contribution < 1.29 is 0 Å². The van der Waals surface area contributed by atoms with Crippen molar-refractivity contribution in [3.8, 4) is 11.1 Å². The third-order valence-electron chi connectivity index (χ3n) is 15.2. The molecule has 0 bridgehead atoms. The van der Waals surface area contributed by atoms with Crippen molar-refractivity contribution in [2.24, 2.45) is 0 Å². The number of rotatable bonds is 2. The van der Waals surface area contributed by atoms with Crippen LogP contribution in [0.15, 0.2) is 206 Å². The van der Waals surface area contributed by atoms with Crippen molar-refractivity contribution in [3.63, 3.8) is 0 Å². The van der Waals surface area contributed by atoms with Gasteiger partial charge in [-0.15, -0.1) is 0 Å². The number of aryl methyl sites for hydroxylation is 2. The van der Waals surface area contributed by atoms with E-state index in [0.717, 1.165) is 11.4 Å². The highest BCUT2D eigenvalue weighted by Gasteiger charge is 2.42. The first-order valence-electron chi connectivity index (χ1n) is 23.5. The van der Waals surface area contributed by atoms with Crippen molar-refractivity contribution in [3.05, 3.63) is 217 Å². The number of nitrogens with zero attached hydrogens (tertiary/aromatic N) is 1. The highest BCUT2D eigenvalue weighted by Crippen LogP contribution is 2.47. The molecular formula is C64H41BN2. The van der Waals surface area contributed by atoms with Crippen molar-refractivity contribution in [1.29, 1.82) is 0 Å². The van der Waals surface area contributed by atoms with Crippen LogP contribution in [0, 0.1) is 13.8 Å². The third kappa shape index (κ3) is 5.17. The van der Waals surface area contributed by atoms with Crippen LogP contribution in [-0.2, 0) is 0 Å². The van der Waals surface area contributed by atoms with Crippen LogP contribution in [0.4, 0.5) is 28.4 Å². The molecule has 1 N–H and O–H groups in total. The number of anilines is 5. The van der Waals surface area contributed by atoms with Gasteiger partial charge in [-0.3, -0.25) is 0 Å². The van der Waals surface area contributed by atoms with E-state index in [1.165, 1.54) is 142 Å². The molecule has 2 nitrogen and oxygen atoms in total. The fourth-order valence-corrected chi connectivity index (χ4v) is 12.3. The van der Waals surface area contributed by atoms with Crippen LogP contribution >= 0.6 is 0 Å². The minimum absolute atomic E-state index is 0.0160. The van der Waals surface area contributed by atoms with Crippen molar-refractivity contribution >= 4 is 138 Å². The number of hydrogen-bond acceptors (Lipinski definition) is 2. The van der Waals surface area contributed by atoms with Gasteiger partial charge >= 0.3 is 0 Å². The molecule has 0 unspecified atom stereocenters. The lowest BCUT2D eigenvalue weighted by molar-refractivity contribution is 1.30. The Balaban J connectivity index is 1.02. The van der Waals surface area contributed by atoms with Gasteiger partial charge in [0.15, 0.2) is 0 Å².